The van der Waals surface area contributed by atoms with E-state index in [1.807, 2.05) is 72.2 Å². The van der Waals surface area contributed by atoms with Gasteiger partial charge in [-0.25, -0.2) is 4.98 Å². The maximum absolute atomic E-state index is 11.2. The Kier molecular flexibility index (Phi) is 7.51. The van der Waals surface area contributed by atoms with Gasteiger partial charge in [0.2, 0.25) is 5.95 Å². The highest BCUT2D eigenvalue weighted by Gasteiger charge is 2.29. The Morgan fingerprint density at radius 3 is 2.60 bits per heavy atom. The summed E-state index contributed by atoms with van der Waals surface area (Å²) in [6.07, 6.45) is 1.60. The highest BCUT2D eigenvalue weighted by Crippen LogP contribution is 2.37. The topological polar surface area (TPSA) is 96.4 Å². The zero-order valence-corrected chi connectivity index (χ0v) is 24.0. The number of methoxy groups -OCH3 is 2. The zero-order chi connectivity index (χ0) is 29.2. The molecular weight excluding hydrogens is 526 g/mol. The summed E-state index contributed by atoms with van der Waals surface area (Å²) in [6, 6.07) is 26.1. The monoisotopic (exact) mass is 559 g/mol. The summed E-state index contributed by atoms with van der Waals surface area (Å²) in [5, 5.41) is 21.8. The average Bonchev–Trinajstić information content (AvgIpc) is 3.37. The van der Waals surface area contributed by atoms with Gasteiger partial charge in [-0.3, -0.25) is 4.57 Å². The van der Waals surface area contributed by atoms with Gasteiger partial charge in [0.25, 0.3) is 0 Å². The van der Waals surface area contributed by atoms with Crippen LogP contribution in [0.5, 0.6) is 11.5 Å². The molecule has 0 unspecified atom stereocenters. The fraction of sp³-hybridized carbons (Fsp3) is 0.265. The van der Waals surface area contributed by atoms with Crippen molar-refractivity contribution < 1.29 is 14.6 Å². The van der Waals surface area contributed by atoms with Gasteiger partial charge >= 0.3 is 0 Å². The van der Waals surface area contributed by atoms with E-state index in [4.69, 9.17) is 19.4 Å². The summed E-state index contributed by atoms with van der Waals surface area (Å²) in [4.78, 5) is 12.4. The van der Waals surface area contributed by atoms with E-state index in [2.05, 4.69) is 23.1 Å². The quantitative estimate of drug-likeness (QED) is 0.242. The molecule has 1 N–H and O–H groups in total. The van der Waals surface area contributed by atoms with E-state index in [1.165, 1.54) is 0 Å². The lowest BCUT2D eigenvalue weighted by Gasteiger charge is -2.31. The second-order valence-electron chi connectivity index (χ2n) is 10.6. The number of benzene rings is 3. The van der Waals surface area contributed by atoms with Gasteiger partial charge in [-0.1, -0.05) is 36.4 Å². The minimum atomic E-state index is -0.680. The molecule has 3 aromatic carbocycles. The molecule has 0 radical (unpaired) electrons. The molecule has 0 saturated carbocycles. The van der Waals surface area contributed by atoms with Crippen molar-refractivity contribution in [3.8, 4) is 23.5 Å². The number of fused-ring (bicyclic) bond motifs is 2. The number of ether oxygens (including phenoxy) is 2. The van der Waals surface area contributed by atoms with E-state index in [0.717, 1.165) is 63.4 Å². The largest absolute Gasteiger partial charge is 0.497 e. The van der Waals surface area contributed by atoms with Crippen molar-refractivity contribution >= 4 is 16.7 Å². The molecule has 5 aromatic rings. The minimum Gasteiger partial charge on any atom is -0.497 e. The number of aromatic nitrogens is 3. The van der Waals surface area contributed by atoms with Crippen LogP contribution >= 0.6 is 0 Å². The SMILES string of the molecule is COc1ccc(CN(Cc2ccccc2)c2nc(-n3c(C)cc4c(C#N)cccc43)nc3c2CCC[C@H]3O)c(OC)c1. The van der Waals surface area contributed by atoms with Gasteiger partial charge in [0, 0.05) is 41.4 Å². The molecule has 212 valence electrons. The van der Waals surface area contributed by atoms with Crippen molar-refractivity contribution in [3.05, 3.63) is 106 Å². The van der Waals surface area contributed by atoms with Crippen LogP contribution in [0.3, 0.4) is 0 Å². The highest BCUT2D eigenvalue weighted by molar-refractivity contribution is 5.88. The first-order valence-corrected chi connectivity index (χ1v) is 14.1. The Labute approximate surface area is 245 Å². The molecule has 0 fully saturated rings. The van der Waals surface area contributed by atoms with E-state index in [9.17, 15) is 10.4 Å². The number of aryl methyl sites for hydroxylation is 1. The maximum Gasteiger partial charge on any atom is 0.236 e. The van der Waals surface area contributed by atoms with E-state index in [1.54, 1.807) is 14.2 Å². The van der Waals surface area contributed by atoms with Crippen LogP contribution in [0.1, 0.15) is 52.6 Å². The second-order valence-corrected chi connectivity index (χ2v) is 10.6. The van der Waals surface area contributed by atoms with Crippen LogP contribution in [-0.4, -0.2) is 33.9 Å². The van der Waals surface area contributed by atoms with Crippen molar-refractivity contribution in [2.45, 2.75) is 45.4 Å². The fourth-order valence-corrected chi connectivity index (χ4v) is 5.89. The second kappa shape index (κ2) is 11.6. The molecule has 0 spiro atoms. The molecule has 1 aliphatic carbocycles. The van der Waals surface area contributed by atoms with Crippen LogP contribution < -0.4 is 14.4 Å². The smallest absolute Gasteiger partial charge is 0.236 e. The average molecular weight is 560 g/mol. The number of nitriles is 1. The standard InChI is InChI=1S/C34H33N5O3/c1-22-17-28-24(19-35)11-7-13-29(28)39(22)34-36-32-27(12-8-14-30(32)40)33(37-34)38(20-23-9-5-4-6-10-23)21-25-15-16-26(41-2)18-31(25)42-3/h4-7,9-11,13,15-18,30,40H,8,12,14,20-21H2,1-3H3/t30-/m1/s1. The van der Waals surface area contributed by atoms with Crippen LogP contribution in [-0.2, 0) is 19.5 Å². The number of nitrogens with zero attached hydrogens (tertiary/aromatic N) is 5. The first-order valence-electron chi connectivity index (χ1n) is 14.1. The molecule has 0 amide bonds. The Hall–Kier alpha value is -4.87. The zero-order valence-electron chi connectivity index (χ0n) is 24.0. The summed E-state index contributed by atoms with van der Waals surface area (Å²) in [7, 11) is 3.30. The normalized spacial score (nSPS) is 14.3. The number of aliphatic hydroxyl groups is 1. The van der Waals surface area contributed by atoms with E-state index < -0.39 is 6.10 Å². The van der Waals surface area contributed by atoms with Crippen molar-refractivity contribution in [1.82, 2.24) is 14.5 Å². The lowest BCUT2D eigenvalue weighted by molar-refractivity contribution is 0.151. The van der Waals surface area contributed by atoms with E-state index in [0.29, 0.717) is 36.7 Å². The van der Waals surface area contributed by atoms with Gasteiger partial charge in [0.1, 0.15) is 17.3 Å². The lowest BCUT2D eigenvalue weighted by Crippen LogP contribution is -2.28. The van der Waals surface area contributed by atoms with Gasteiger partial charge in [-0.05, 0) is 62.1 Å². The Balaban J connectivity index is 1.55. The molecule has 0 bridgehead atoms. The van der Waals surface area contributed by atoms with E-state index >= 15 is 0 Å². The van der Waals surface area contributed by atoms with Crippen LogP contribution in [0, 0.1) is 18.3 Å². The Morgan fingerprint density at radius 2 is 1.83 bits per heavy atom. The Morgan fingerprint density at radius 1 is 1.00 bits per heavy atom. The molecular formula is C34H33N5O3. The molecule has 1 atom stereocenters. The lowest BCUT2D eigenvalue weighted by atomic mass is 9.93. The number of hydrogen-bond donors (Lipinski definition) is 1. The molecule has 6 rings (SSSR count). The third-order valence-electron chi connectivity index (χ3n) is 7.95. The summed E-state index contributed by atoms with van der Waals surface area (Å²) in [6.45, 7) is 3.11. The van der Waals surface area contributed by atoms with Crippen LogP contribution in [0.15, 0.2) is 72.8 Å². The molecule has 0 saturated heterocycles. The minimum absolute atomic E-state index is 0.479. The molecule has 1 aliphatic rings. The molecule has 8 nitrogen and oxygen atoms in total. The van der Waals surface area contributed by atoms with Crippen molar-refractivity contribution in [2.24, 2.45) is 0 Å². The summed E-state index contributed by atoms with van der Waals surface area (Å²) < 4.78 is 13.2. The number of anilines is 1. The van der Waals surface area contributed by atoms with Gasteiger partial charge in [-0.15, -0.1) is 0 Å². The van der Waals surface area contributed by atoms with Crippen LogP contribution in [0.25, 0.3) is 16.9 Å². The van der Waals surface area contributed by atoms with Crippen LogP contribution in [0.2, 0.25) is 0 Å². The first-order chi connectivity index (χ1) is 20.5. The van der Waals surface area contributed by atoms with Crippen molar-refractivity contribution in [3.63, 3.8) is 0 Å². The third-order valence-corrected chi connectivity index (χ3v) is 7.95. The predicted octanol–water partition coefficient (Wildman–Crippen LogP) is 6.19. The highest BCUT2D eigenvalue weighted by atomic mass is 16.5. The molecule has 8 heteroatoms. The first kappa shape index (κ1) is 27.3. The number of rotatable bonds is 8. The maximum atomic E-state index is 11.2. The summed E-state index contributed by atoms with van der Waals surface area (Å²) in [5.74, 6) is 2.72. The van der Waals surface area contributed by atoms with Crippen LogP contribution in [0.4, 0.5) is 5.82 Å². The summed E-state index contributed by atoms with van der Waals surface area (Å²) in [5.41, 5.74) is 6.12. The predicted molar refractivity (Wildman–Crippen MR) is 162 cm³/mol. The summed E-state index contributed by atoms with van der Waals surface area (Å²) >= 11 is 0. The third kappa shape index (κ3) is 5.04. The molecule has 0 aliphatic heterocycles. The molecule has 2 heterocycles. The molecule has 42 heavy (non-hydrogen) atoms. The molecule has 2 aromatic heterocycles. The number of aliphatic hydroxyl groups excluding tert-OH is 1. The van der Waals surface area contributed by atoms with Crippen molar-refractivity contribution in [1.29, 1.82) is 5.26 Å². The fourth-order valence-electron chi connectivity index (χ4n) is 5.89. The van der Waals surface area contributed by atoms with E-state index in [-0.39, 0.29) is 0 Å². The van der Waals surface area contributed by atoms with Gasteiger partial charge in [0.05, 0.1) is 43.2 Å². The van der Waals surface area contributed by atoms with Crippen molar-refractivity contribution in [2.75, 3.05) is 19.1 Å². The van der Waals surface area contributed by atoms with Gasteiger partial charge in [-0.2, -0.15) is 10.2 Å². The Bertz CT molecular complexity index is 1790. The number of hydrogen-bond acceptors (Lipinski definition) is 7. The van der Waals surface area contributed by atoms with Gasteiger partial charge < -0.3 is 19.5 Å². The van der Waals surface area contributed by atoms with Gasteiger partial charge in [0.15, 0.2) is 0 Å².